The molecule has 2 aliphatic carbocycles. The van der Waals surface area contributed by atoms with Crippen molar-refractivity contribution in [2.45, 2.75) is 102 Å². The van der Waals surface area contributed by atoms with Crippen molar-refractivity contribution in [2.75, 3.05) is 19.8 Å². The maximum Gasteiger partial charge on any atom is 0.335 e. The number of carbonyl (C=O) groups is 3. The smallest absolute Gasteiger partial charge is 0.335 e. The molecule has 3 heterocycles. The van der Waals surface area contributed by atoms with Gasteiger partial charge in [-0.25, -0.2) is 14.4 Å². The Morgan fingerprint density at radius 1 is 1.20 bits per heavy atom. The van der Waals surface area contributed by atoms with Gasteiger partial charge in [-0.3, -0.25) is 0 Å². The van der Waals surface area contributed by atoms with Gasteiger partial charge in [0.25, 0.3) is 0 Å². The van der Waals surface area contributed by atoms with E-state index in [2.05, 4.69) is 0 Å². The Morgan fingerprint density at radius 3 is 2.64 bits per heavy atom. The summed E-state index contributed by atoms with van der Waals surface area (Å²) >= 11 is 0. The van der Waals surface area contributed by atoms with Crippen molar-refractivity contribution in [2.24, 2.45) is 16.7 Å². The molecule has 44 heavy (non-hydrogen) atoms. The van der Waals surface area contributed by atoms with Crippen molar-refractivity contribution in [3.05, 3.63) is 48.1 Å². The van der Waals surface area contributed by atoms with E-state index in [4.69, 9.17) is 28.4 Å². The SMILES string of the molecule is C/C=C/C(=O)O[C@H]1C[C@@]23COC(=O)[C@@H](O)C(C)CCOC(C(C)O)/C=C/C=C\C(=O)O[C@@H]4C[C@@H](O[C@@H]2C=C1C)[C@@]1(CO1)[C@]43C. The number of carbonyl (C=O) groups excluding carboxylic acids is 3. The Labute approximate surface area is 257 Å². The third-order valence-electron chi connectivity index (χ3n) is 10.4. The van der Waals surface area contributed by atoms with Crippen LogP contribution in [0, 0.1) is 16.7 Å². The second kappa shape index (κ2) is 12.5. The average Bonchev–Trinajstić information content (AvgIpc) is 3.75. The Balaban J connectivity index is 1.55. The lowest BCUT2D eigenvalue weighted by atomic mass is 9.51. The molecule has 0 aromatic heterocycles. The monoisotopic (exact) mass is 616 g/mol. The Morgan fingerprint density at radius 2 is 1.95 bits per heavy atom. The molecule has 3 aliphatic heterocycles. The van der Waals surface area contributed by atoms with Crippen molar-refractivity contribution < 1.29 is 53.0 Å². The zero-order valence-corrected chi connectivity index (χ0v) is 26.0. The van der Waals surface area contributed by atoms with Crippen LogP contribution in [0.1, 0.15) is 53.9 Å². The lowest BCUT2D eigenvalue weighted by Gasteiger charge is -2.59. The van der Waals surface area contributed by atoms with E-state index in [1.165, 1.54) is 18.2 Å². The van der Waals surface area contributed by atoms with E-state index in [9.17, 15) is 24.6 Å². The van der Waals surface area contributed by atoms with Crippen LogP contribution in [-0.2, 0) is 42.8 Å². The number of esters is 3. The molecule has 242 valence electrons. The minimum absolute atomic E-state index is 0.168. The number of epoxide rings is 1. The normalized spacial score (nSPS) is 44.8. The van der Waals surface area contributed by atoms with Gasteiger partial charge in [0.1, 0.15) is 30.5 Å². The number of aliphatic hydroxyl groups excluding tert-OH is 2. The van der Waals surface area contributed by atoms with Gasteiger partial charge >= 0.3 is 17.9 Å². The first-order valence-corrected chi connectivity index (χ1v) is 15.4. The summed E-state index contributed by atoms with van der Waals surface area (Å²) in [6, 6.07) is 0. The number of hydrogen-bond acceptors (Lipinski definition) is 11. The van der Waals surface area contributed by atoms with Crippen LogP contribution < -0.4 is 0 Å². The minimum Gasteiger partial charge on any atom is -0.463 e. The van der Waals surface area contributed by atoms with Crippen LogP contribution in [0.2, 0.25) is 0 Å². The first kappa shape index (κ1) is 32.6. The van der Waals surface area contributed by atoms with Gasteiger partial charge in [-0.1, -0.05) is 44.2 Å². The van der Waals surface area contributed by atoms with Gasteiger partial charge in [0.2, 0.25) is 0 Å². The molecular formula is C33H44O11. The lowest BCUT2D eigenvalue weighted by molar-refractivity contribution is -0.242. The van der Waals surface area contributed by atoms with E-state index >= 15 is 0 Å². The quantitative estimate of drug-likeness (QED) is 0.158. The molecule has 5 aliphatic rings. The molecule has 1 saturated carbocycles. The maximum absolute atomic E-state index is 13.3. The molecule has 11 heteroatoms. The fraction of sp³-hybridized carbons (Fsp3) is 0.667. The molecule has 3 fully saturated rings. The number of ether oxygens (including phenoxy) is 6. The number of cyclic esters (lactones) is 1. The molecule has 2 bridgehead atoms. The van der Waals surface area contributed by atoms with Crippen molar-refractivity contribution in [3.63, 3.8) is 0 Å². The molecule has 2 saturated heterocycles. The molecule has 0 amide bonds. The predicted molar refractivity (Wildman–Crippen MR) is 156 cm³/mol. The molecule has 0 aromatic rings. The van der Waals surface area contributed by atoms with Gasteiger partial charge in [-0.05, 0) is 38.7 Å². The van der Waals surface area contributed by atoms with Gasteiger partial charge in [-0.2, -0.15) is 0 Å². The van der Waals surface area contributed by atoms with E-state index in [0.29, 0.717) is 19.4 Å². The highest BCUT2D eigenvalue weighted by molar-refractivity contribution is 5.83. The highest BCUT2D eigenvalue weighted by atomic mass is 16.6. The molecule has 11 atom stereocenters. The minimum atomic E-state index is -1.44. The van der Waals surface area contributed by atoms with Gasteiger partial charge < -0.3 is 38.6 Å². The zero-order chi connectivity index (χ0) is 31.9. The number of allylic oxidation sites excluding steroid dienone is 3. The third-order valence-corrected chi connectivity index (χ3v) is 10.4. The van der Waals surface area contributed by atoms with Gasteiger partial charge in [0.15, 0.2) is 6.10 Å². The van der Waals surface area contributed by atoms with Crippen LogP contribution in [-0.4, -0.2) is 96.3 Å². The summed E-state index contributed by atoms with van der Waals surface area (Å²) < 4.78 is 36.5. The molecule has 2 N–H and O–H groups in total. The first-order valence-electron chi connectivity index (χ1n) is 15.4. The third kappa shape index (κ3) is 5.58. The summed E-state index contributed by atoms with van der Waals surface area (Å²) in [6.07, 6.45) is 6.62. The molecule has 2 spiro atoms. The fourth-order valence-electron chi connectivity index (χ4n) is 7.48. The molecule has 5 rings (SSSR count). The summed E-state index contributed by atoms with van der Waals surface area (Å²) in [5, 5.41) is 21.0. The summed E-state index contributed by atoms with van der Waals surface area (Å²) in [7, 11) is 0. The standard InChI is InChI=1S/C33H44O11/c1-6-9-27(35)42-23-16-32-17-40-30(38)29(37)19(2)12-13-39-22(21(4)34)10-7-8-11-28(36)44-24-15-26(43-25(32)14-20(23)3)33(18-41-33)31(24,32)5/h6-11,14,19,21-26,29,34,37H,12-13,15-18H2,1-5H3/b9-6+,10-7+,11-8-/t19?,21?,22?,23-,24+,25+,26+,29-,31+,32+,33-/m0/s1. The fourth-order valence-corrected chi connectivity index (χ4v) is 7.48. The lowest BCUT2D eigenvalue weighted by Crippen LogP contribution is -2.68. The van der Waals surface area contributed by atoms with E-state index in [0.717, 1.165) is 5.57 Å². The van der Waals surface area contributed by atoms with Crippen LogP contribution in [0.3, 0.4) is 0 Å². The average molecular weight is 617 g/mol. The highest BCUT2D eigenvalue weighted by Crippen LogP contribution is 2.72. The zero-order valence-electron chi connectivity index (χ0n) is 26.0. The van der Waals surface area contributed by atoms with Crippen molar-refractivity contribution in [1.29, 1.82) is 0 Å². The van der Waals surface area contributed by atoms with Crippen LogP contribution in [0.25, 0.3) is 0 Å². The summed E-state index contributed by atoms with van der Waals surface area (Å²) in [5.74, 6) is -2.40. The van der Waals surface area contributed by atoms with E-state index in [-0.39, 0.29) is 25.7 Å². The van der Waals surface area contributed by atoms with Crippen molar-refractivity contribution in [3.8, 4) is 0 Å². The molecule has 11 nitrogen and oxygen atoms in total. The van der Waals surface area contributed by atoms with E-state index in [1.54, 1.807) is 39.0 Å². The second-order valence-electron chi connectivity index (χ2n) is 12.9. The summed E-state index contributed by atoms with van der Waals surface area (Å²) in [6.45, 7) is 9.23. The van der Waals surface area contributed by atoms with Crippen molar-refractivity contribution >= 4 is 17.9 Å². The summed E-state index contributed by atoms with van der Waals surface area (Å²) in [5.41, 5.74) is -1.95. The van der Waals surface area contributed by atoms with E-state index < -0.39 is 76.9 Å². The van der Waals surface area contributed by atoms with Gasteiger partial charge in [-0.15, -0.1) is 0 Å². The molecule has 0 radical (unpaired) electrons. The van der Waals surface area contributed by atoms with Gasteiger partial charge in [0.05, 0.1) is 35.7 Å². The van der Waals surface area contributed by atoms with Crippen LogP contribution in [0.5, 0.6) is 0 Å². The largest absolute Gasteiger partial charge is 0.463 e. The highest BCUT2D eigenvalue weighted by Gasteiger charge is 2.83. The molecule has 0 aromatic carbocycles. The topological polar surface area (TPSA) is 150 Å². The van der Waals surface area contributed by atoms with Crippen LogP contribution in [0.4, 0.5) is 0 Å². The Hall–Kier alpha value is -2.83. The van der Waals surface area contributed by atoms with Crippen LogP contribution >= 0.6 is 0 Å². The Bertz CT molecular complexity index is 1250. The molecule has 3 unspecified atom stereocenters. The Kier molecular flexibility index (Phi) is 9.26. The number of hydrogen-bond donors (Lipinski definition) is 2. The second-order valence-corrected chi connectivity index (χ2v) is 12.9. The van der Waals surface area contributed by atoms with Gasteiger partial charge in [0, 0.05) is 31.6 Å². The van der Waals surface area contributed by atoms with Crippen LogP contribution in [0.15, 0.2) is 48.1 Å². The van der Waals surface area contributed by atoms with E-state index in [1.807, 2.05) is 19.9 Å². The number of aliphatic hydroxyl groups is 2. The predicted octanol–water partition coefficient (Wildman–Crippen LogP) is 2.49. The maximum atomic E-state index is 13.3. The van der Waals surface area contributed by atoms with Crippen molar-refractivity contribution in [1.82, 2.24) is 0 Å². The number of rotatable bonds is 3. The summed E-state index contributed by atoms with van der Waals surface area (Å²) in [4.78, 5) is 39.1. The molecular weight excluding hydrogens is 572 g/mol. The first-order chi connectivity index (χ1) is 20.9.